The number of anilines is 2. The van der Waals surface area contributed by atoms with E-state index < -0.39 is 45.5 Å². The molecule has 2 fully saturated rings. The van der Waals surface area contributed by atoms with Crippen molar-refractivity contribution in [2.75, 3.05) is 37.2 Å². The zero-order valence-corrected chi connectivity index (χ0v) is 39.5. The molecule has 376 valence electrons. The minimum Gasteiger partial charge on any atom is -0.455 e. The first-order valence-corrected chi connectivity index (χ1v) is 23.4. The first-order valence-electron chi connectivity index (χ1n) is 23.0. The van der Waals surface area contributed by atoms with Gasteiger partial charge in [0.05, 0.1) is 44.4 Å². The molecule has 4 aromatic heterocycles. The molecule has 0 saturated carbocycles. The minimum absolute atomic E-state index is 0.0110. The molecule has 12 nitrogen and oxygen atoms in total. The molecule has 0 spiro atoms. The highest BCUT2D eigenvalue weighted by atomic mass is 35.5. The smallest absolute Gasteiger partial charge is 0.416 e. The molecule has 0 aliphatic carbocycles. The lowest BCUT2D eigenvalue weighted by Gasteiger charge is -2.14. The number of likely N-dealkylation sites (tertiary alicyclic amines) is 2. The number of alkyl halides is 6. The second kappa shape index (κ2) is 22.4. The number of nitrogens with zero attached hydrogens (tertiary/aromatic N) is 4. The van der Waals surface area contributed by atoms with Gasteiger partial charge < -0.3 is 19.9 Å². The van der Waals surface area contributed by atoms with Gasteiger partial charge in [-0.3, -0.25) is 29.0 Å². The van der Waals surface area contributed by atoms with E-state index in [2.05, 4.69) is 25.1 Å². The average molecular weight is 1020 g/mol. The Bertz CT molecular complexity index is 3420. The van der Waals surface area contributed by atoms with Crippen LogP contribution in [0.25, 0.3) is 44.6 Å². The van der Waals surface area contributed by atoms with Crippen LogP contribution in [-0.2, 0) is 25.4 Å². The van der Waals surface area contributed by atoms with Gasteiger partial charge in [-0.05, 0) is 136 Å². The number of nitrogens with two attached hydrogens (primary N) is 1. The molecule has 6 heterocycles. The minimum atomic E-state index is -4.55. The van der Waals surface area contributed by atoms with Gasteiger partial charge in [0.15, 0.2) is 22.0 Å². The number of benzene rings is 4. The zero-order valence-electron chi connectivity index (χ0n) is 38.7. The summed E-state index contributed by atoms with van der Waals surface area (Å²) in [5, 5.41) is 2.19. The number of aromatic nitrogens is 2. The van der Waals surface area contributed by atoms with Crippen molar-refractivity contribution in [3.8, 4) is 22.6 Å². The molecule has 1 amide bonds. The number of carbonyl (C=O) groups is 2. The van der Waals surface area contributed by atoms with Gasteiger partial charge >= 0.3 is 12.4 Å². The lowest BCUT2D eigenvalue weighted by atomic mass is 10.1. The Morgan fingerprint density at radius 3 is 1.49 bits per heavy atom. The molecule has 73 heavy (non-hydrogen) atoms. The lowest BCUT2D eigenvalue weighted by molar-refractivity contribution is -0.138. The number of carbonyl (C=O) groups excluding carboxylic acids is 2. The Morgan fingerprint density at radius 1 is 0.575 bits per heavy atom. The average Bonchev–Trinajstić information content (AvgIpc) is 4.09. The molecule has 2 saturated heterocycles. The fraction of sp³-hybridized carbons (Fsp3) is 0.222. The topological polar surface area (TPSA) is 165 Å². The molecule has 0 radical (unpaired) electrons. The third-order valence-electron chi connectivity index (χ3n) is 12.0. The highest BCUT2D eigenvalue weighted by molar-refractivity contribution is 6.68. The molecule has 2 aliphatic heterocycles. The summed E-state index contributed by atoms with van der Waals surface area (Å²) in [5.74, 6) is 0.283. The van der Waals surface area contributed by atoms with Crippen LogP contribution in [0.1, 0.15) is 68.9 Å². The van der Waals surface area contributed by atoms with Crippen LogP contribution in [0.3, 0.4) is 0 Å². The van der Waals surface area contributed by atoms with Gasteiger partial charge in [0, 0.05) is 36.3 Å². The Morgan fingerprint density at radius 2 is 1.01 bits per heavy atom. The maximum Gasteiger partial charge on any atom is 0.416 e. The summed E-state index contributed by atoms with van der Waals surface area (Å²) in [7, 11) is 0. The van der Waals surface area contributed by atoms with Crippen molar-refractivity contribution in [2.24, 2.45) is 0 Å². The number of pyridine rings is 2. The number of nitrogen functional groups attached to an aromatic ring is 1. The molecule has 0 bridgehead atoms. The summed E-state index contributed by atoms with van der Waals surface area (Å²) in [6.07, 6.45) is -4.11. The van der Waals surface area contributed by atoms with E-state index in [4.69, 9.17) is 26.2 Å². The summed E-state index contributed by atoms with van der Waals surface area (Å²) in [5.41, 5.74) is 4.95. The fourth-order valence-corrected chi connectivity index (χ4v) is 8.57. The second-order valence-corrected chi connectivity index (χ2v) is 17.6. The number of nitrogens with one attached hydrogen (secondary N) is 1. The standard InChI is InChI=1S/C27H22F3N3O3.C17H8ClF3O3.C10H15N3/c28-27(29,30)18-7-3-6-17(14-18)23-15-22(34)20-9-5-10-21(25(20)36-23)26(35)32-24-11-4-8-19(31-24)16-33-12-1-2-13-33;18-16(23)12-6-2-5-11-13(22)8-14(24-15(11)12)9-3-1-4-10(7-9)17(19,20)21;11-10-5-3-4-9(12-10)8-13-6-1-2-7-13/h3-11,14-15H,1-2,12-13,16H2,(H,31,32,35);1-8H;3-5H,1-2,6-8H2,(H2,11,12). The van der Waals surface area contributed by atoms with E-state index in [1.54, 1.807) is 12.1 Å². The molecule has 19 heteroatoms. The molecule has 0 atom stereocenters. The van der Waals surface area contributed by atoms with E-state index in [-0.39, 0.29) is 55.7 Å². The van der Waals surface area contributed by atoms with Gasteiger partial charge in [-0.2, -0.15) is 26.3 Å². The van der Waals surface area contributed by atoms with Crippen molar-refractivity contribution in [1.29, 1.82) is 0 Å². The van der Waals surface area contributed by atoms with Crippen molar-refractivity contribution in [3.63, 3.8) is 0 Å². The summed E-state index contributed by atoms with van der Waals surface area (Å²) in [6, 6.07) is 31.1. The van der Waals surface area contributed by atoms with Crippen LogP contribution in [-0.4, -0.2) is 57.1 Å². The van der Waals surface area contributed by atoms with Gasteiger partial charge in [0.25, 0.3) is 11.1 Å². The Kier molecular flexibility index (Phi) is 15.9. The predicted octanol–water partition coefficient (Wildman–Crippen LogP) is 11.8. The van der Waals surface area contributed by atoms with E-state index in [9.17, 15) is 45.5 Å². The van der Waals surface area contributed by atoms with Crippen LogP contribution in [0.2, 0.25) is 0 Å². The first kappa shape index (κ1) is 51.7. The molecule has 0 unspecified atom stereocenters. The zero-order chi connectivity index (χ0) is 51.9. The molecule has 8 aromatic rings. The van der Waals surface area contributed by atoms with Crippen LogP contribution in [0.4, 0.5) is 38.0 Å². The number of hydrogen-bond acceptors (Lipinski definition) is 11. The summed E-state index contributed by atoms with van der Waals surface area (Å²) in [4.78, 5) is 63.1. The molecule has 4 aromatic carbocycles. The Balaban J connectivity index is 0.000000164. The SMILES string of the molecule is Nc1cccc(CN2CCCC2)n1.O=C(Cl)c1cccc2c(=O)cc(-c3cccc(C(F)(F)F)c3)oc12.O=C(Nc1cccc(CN2CCCC2)n1)c1cccc2c(=O)cc(-c3cccc(C(F)(F)F)c3)oc12. The second-order valence-electron chi connectivity index (χ2n) is 17.2. The van der Waals surface area contributed by atoms with Gasteiger partial charge in [-0.25, -0.2) is 9.97 Å². The number of fused-ring (bicyclic) bond motifs is 2. The largest absolute Gasteiger partial charge is 0.455 e. The van der Waals surface area contributed by atoms with Crippen LogP contribution in [0, 0.1) is 0 Å². The number of amides is 1. The van der Waals surface area contributed by atoms with Crippen LogP contribution >= 0.6 is 11.6 Å². The number of halogens is 7. The van der Waals surface area contributed by atoms with Gasteiger partial charge in [-0.15, -0.1) is 0 Å². The molecular formula is C54H45ClF6N6O6. The highest BCUT2D eigenvalue weighted by Gasteiger charge is 2.32. The van der Waals surface area contributed by atoms with Gasteiger partial charge in [0.2, 0.25) is 0 Å². The van der Waals surface area contributed by atoms with Gasteiger partial charge in [0.1, 0.15) is 23.2 Å². The Labute approximate surface area is 418 Å². The number of rotatable bonds is 9. The number of para-hydroxylation sites is 2. The summed E-state index contributed by atoms with van der Waals surface area (Å²) < 4.78 is 89.4. The first-order chi connectivity index (χ1) is 34.9. The molecule has 3 N–H and O–H groups in total. The highest BCUT2D eigenvalue weighted by Crippen LogP contribution is 2.35. The van der Waals surface area contributed by atoms with E-state index >= 15 is 0 Å². The van der Waals surface area contributed by atoms with Crippen LogP contribution in [0.5, 0.6) is 0 Å². The van der Waals surface area contributed by atoms with Crippen LogP contribution in [0.15, 0.2) is 152 Å². The maximum absolute atomic E-state index is 13.2. The van der Waals surface area contributed by atoms with Crippen molar-refractivity contribution in [1.82, 2.24) is 19.8 Å². The third-order valence-corrected chi connectivity index (χ3v) is 12.2. The van der Waals surface area contributed by atoms with Gasteiger partial charge in [-0.1, -0.05) is 48.5 Å². The van der Waals surface area contributed by atoms with Crippen molar-refractivity contribution in [2.45, 2.75) is 51.1 Å². The molecule has 10 rings (SSSR count). The van der Waals surface area contributed by atoms with E-state index in [0.29, 0.717) is 18.2 Å². The van der Waals surface area contributed by atoms with Crippen molar-refractivity contribution < 1.29 is 44.8 Å². The molecular weight excluding hydrogens is 978 g/mol. The fourth-order valence-electron chi connectivity index (χ4n) is 8.42. The van der Waals surface area contributed by atoms with E-state index in [1.807, 2.05) is 30.3 Å². The predicted molar refractivity (Wildman–Crippen MR) is 266 cm³/mol. The third kappa shape index (κ3) is 13.1. The van der Waals surface area contributed by atoms with E-state index in [1.165, 1.54) is 80.5 Å². The summed E-state index contributed by atoms with van der Waals surface area (Å²) >= 11 is 5.47. The Hall–Kier alpha value is -7.67. The quantitative estimate of drug-likeness (QED) is 0.104. The van der Waals surface area contributed by atoms with Crippen molar-refractivity contribution in [3.05, 3.63) is 188 Å². The normalized spacial score (nSPS) is 14.1. The lowest BCUT2D eigenvalue weighted by Crippen LogP contribution is -2.20. The maximum atomic E-state index is 13.2. The van der Waals surface area contributed by atoms with E-state index in [0.717, 1.165) is 80.3 Å². The van der Waals surface area contributed by atoms with Crippen molar-refractivity contribution >= 4 is 56.3 Å². The van der Waals surface area contributed by atoms with Crippen LogP contribution < -0.4 is 21.9 Å². The summed E-state index contributed by atoms with van der Waals surface area (Å²) in [6.45, 7) is 6.08. The monoisotopic (exact) mass is 1020 g/mol. The number of hydrogen-bond donors (Lipinski definition) is 2. The molecule has 2 aliphatic rings.